The summed E-state index contributed by atoms with van der Waals surface area (Å²) in [6, 6.07) is 16.3. The van der Waals surface area contributed by atoms with Crippen LogP contribution in [-0.2, 0) is 0 Å². The number of guanidine groups is 1. The van der Waals surface area contributed by atoms with Crippen LogP contribution < -0.4 is 20.5 Å². The van der Waals surface area contributed by atoms with E-state index in [1.807, 2.05) is 24.3 Å². The Bertz CT molecular complexity index is 758. The number of nitrogens with one attached hydrogen (secondary N) is 1. The summed E-state index contributed by atoms with van der Waals surface area (Å²) >= 11 is 0. The zero-order chi connectivity index (χ0) is 19.1. The molecule has 3 N–H and O–H groups in total. The highest BCUT2D eigenvalue weighted by atomic mass is 16.5. The first-order valence-corrected chi connectivity index (χ1v) is 9.29. The van der Waals surface area contributed by atoms with Crippen molar-refractivity contribution < 1.29 is 9.47 Å². The number of aliphatic imine (C=N–C) groups is 1. The quantitative estimate of drug-likeness (QED) is 0.580. The maximum Gasteiger partial charge on any atom is 0.193 e. The molecule has 1 aliphatic rings. The fourth-order valence-electron chi connectivity index (χ4n) is 3.43. The molecule has 2 aromatic carbocycles. The number of anilines is 1. The Hall–Kier alpha value is -2.73. The second-order valence-corrected chi connectivity index (χ2v) is 6.59. The normalized spacial score (nSPS) is 16.1. The molecule has 0 amide bonds. The average Bonchev–Trinajstić information content (AvgIpc) is 3.23. The van der Waals surface area contributed by atoms with Gasteiger partial charge >= 0.3 is 0 Å². The number of methoxy groups -OCH3 is 2. The molecule has 1 aliphatic heterocycles. The molecule has 2 aromatic rings. The Balaban J connectivity index is 1.74. The van der Waals surface area contributed by atoms with Crippen molar-refractivity contribution in [3.8, 4) is 11.5 Å². The van der Waals surface area contributed by atoms with Gasteiger partial charge in [0.2, 0.25) is 0 Å². The van der Waals surface area contributed by atoms with Gasteiger partial charge in [-0.3, -0.25) is 9.89 Å². The molecule has 27 heavy (non-hydrogen) atoms. The molecule has 1 unspecified atom stereocenters. The fraction of sp³-hybridized carbons (Fsp3) is 0.381. The molecule has 0 radical (unpaired) electrons. The second kappa shape index (κ2) is 9.28. The minimum atomic E-state index is 0.237. The van der Waals surface area contributed by atoms with Crippen molar-refractivity contribution in [2.45, 2.75) is 18.9 Å². The van der Waals surface area contributed by atoms with Gasteiger partial charge < -0.3 is 20.5 Å². The van der Waals surface area contributed by atoms with Crippen molar-refractivity contribution in [2.24, 2.45) is 10.7 Å². The molecule has 1 saturated heterocycles. The molecular formula is C21H28N4O2. The smallest absolute Gasteiger partial charge is 0.193 e. The van der Waals surface area contributed by atoms with Crippen molar-refractivity contribution in [1.82, 2.24) is 4.90 Å². The Morgan fingerprint density at radius 2 is 1.85 bits per heavy atom. The molecule has 144 valence electrons. The van der Waals surface area contributed by atoms with Gasteiger partial charge in [-0.2, -0.15) is 0 Å². The number of ether oxygens (including phenoxy) is 2. The van der Waals surface area contributed by atoms with E-state index in [4.69, 9.17) is 15.2 Å². The highest BCUT2D eigenvalue weighted by molar-refractivity contribution is 5.94. The van der Waals surface area contributed by atoms with E-state index in [0.717, 1.165) is 24.5 Å². The number of rotatable bonds is 7. The Morgan fingerprint density at radius 3 is 2.52 bits per heavy atom. The first-order chi connectivity index (χ1) is 13.2. The highest BCUT2D eigenvalue weighted by Crippen LogP contribution is 2.29. The lowest BCUT2D eigenvalue weighted by Gasteiger charge is -2.26. The van der Waals surface area contributed by atoms with Gasteiger partial charge in [0.15, 0.2) is 5.96 Å². The van der Waals surface area contributed by atoms with Gasteiger partial charge in [0.25, 0.3) is 0 Å². The van der Waals surface area contributed by atoms with Crippen LogP contribution in [0.2, 0.25) is 0 Å². The minimum Gasteiger partial charge on any atom is -0.497 e. The molecule has 0 spiro atoms. The van der Waals surface area contributed by atoms with E-state index in [-0.39, 0.29) is 6.04 Å². The molecule has 0 bridgehead atoms. The van der Waals surface area contributed by atoms with E-state index in [1.54, 1.807) is 14.2 Å². The van der Waals surface area contributed by atoms with Crippen molar-refractivity contribution in [3.63, 3.8) is 0 Å². The monoisotopic (exact) mass is 368 g/mol. The number of nitrogens with two attached hydrogens (primary N) is 1. The van der Waals surface area contributed by atoms with E-state index < -0.39 is 0 Å². The second-order valence-electron chi connectivity index (χ2n) is 6.59. The summed E-state index contributed by atoms with van der Waals surface area (Å²) in [6.07, 6.45) is 2.48. The predicted molar refractivity (Wildman–Crippen MR) is 110 cm³/mol. The Morgan fingerprint density at radius 1 is 1.11 bits per heavy atom. The van der Waals surface area contributed by atoms with E-state index in [1.165, 1.54) is 18.4 Å². The molecular weight excluding hydrogens is 340 g/mol. The molecule has 3 rings (SSSR count). The van der Waals surface area contributed by atoms with Crippen LogP contribution >= 0.6 is 0 Å². The van der Waals surface area contributed by atoms with Gasteiger partial charge in [0.05, 0.1) is 32.5 Å². The van der Waals surface area contributed by atoms with Crippen LogP contribution in [0.3, 0.4) is 0 Å². The summed E-state index contributed by atoms with van der Waals surface area (Å²) in [5.41, 5.74) is 8.17. The summed E-state index contributed by atoms with van der Waals surface area (Å²) < 4.78 is 10.7. The SMILES string of the molecule is COc1ccc(OC)c(NC(N)=NCC(c2ccccc2)N2CCCC2)c1. The minimum absolute atomic E-state index is 0.237. The molecule has 0 saturated carbocycles. The number of likely N-dealkylation sites (tertiary alicyclic amines) is 1. The number of nitrogens with zero attached hydrogens (tertiary/aromatic N) is 2. The summed E-state index contributed by atoms with van der Waals surface area (Å²) in [5.74, 6) is 1.78. The third kappa shape index (κ3) is 4.92. The maximum atomic E-state index is 6.17. The summed E-state index contributed by atoms with van der Waals surface area (Å²) in [4.78, 5) is 7.10. The fourth-order valence-corrected chi connectivity index (χ4v) is 3.43. The lowest BCUT2D eigenvalue weighted by Crippen LogP contribution is -2.30. The topological polar surface area (TPSA) is 72.1 Å². The first kappa shape index (κ1) is 19.0. The third-order valence-corrected chi connectivity index (χ3v) is 4.87. The van der Waals surface area contributed by atoms with E-state index in [9.17, 15) is 0 Å². The van der Waals surface area contributed by atoms with Gasteiger partial charge in [-0.25, -0.2) is 0 Å². The van der Waals surface area contributed by atoms with Gasteiger partial charge in [0, 0.05) is 6.07 Å². The summed E-state index contributed by atoms with van der Waals surface area (Å²) in [5, 5.41) is 3.14. The van der Waals surface area contributed by atoms with Crippen LogP contribution in [-0.4, -0.2) is 44.7 Å². The zero-order valence-electron chi connectivity index (χ0n) is 16.0. The Kier molecular flexibility index (Phi) is 6.54. The lowest BCUT2D eigenvalue weighted by atomic mass is 10.1. The van der Waals surface area contributed by atoms with Crippen molar-refractivity contribution in [1.29, 1.82) is 0 Å². The van der Waals surface area contributed by atoms with Crippen LogP contribution in [0.1, 0.15) is 24.4 Å². The molecule has 0 aliphatic carbocycles. The molecule has 6 heteroatoms. The van der Waals surface area contributed by atoms with Gasteiger partial charge in [-0.1, -0.05) is 30.3 Å². The third-order valence-electron chi connectivity index (χ3n) is 4.87. The molecule has 1 fully saturated rings. The van der Waals surface area contributed by atoms with E-state index in [0.29, 0.717) is 18.3 Å². The van der Waals surface area contributed by atoms with E-state index in [2.05, 4.69) is 39.5 Å². The van der Waals surface area contributed by atoms with Crippen LogP contribution in [0.5, 0.6) is 11.5 Å². The van der Waals surface area contributed by atoms with Crippen molar-refractivity contribution >= 4 is 11.6 Å². The largest absolute Gasteiger partial charge is 0.497 e. The van der Waals surface area contributed by atoms with Gasteiger partial charge in [-0.05, 0) is 43.6 Å². The van der Waals surface area contributed by atoms with Gasteiger partial charge in [0.1, 0.15) is 11.5 Å². The standard InChI is InChI=1S/C21H28N4O2/c1-26-17-10-11-20(27-2)18(14-17)24-21(22)23-15-19(25-12-6-7-13-25)16-8-4-3-5-9-16/h3-5,8-11,14,19H,6-7,12-13,15H2,1-2H3,(H3,22,23,24). The molecule has 1 atom stereocenters. The van der Waals surface area contributed by atoms with Crippen molar-refractivity contribution in [3.05, 3.63) is 54.1 Å². The zero-order valence-corrected chi connectivity index (χ0v) is 16.0. The van der Waals surface area contributed by atoms with Crippen LogP contribution in [0.15, 0.2) is 53.5 Å². The molecule has 1 heterocycles. The molecule has 6 nitrogen and oxygen atoms in total. The van der Waals surface area contributed by atoms with Crippen LogP contribution in [0.25, 0.3) is 0 Å². The first-order valence-electron chi connectivity index (χ1n) is 9.29. The summed E-state index contributed by atoms with van der Waals surface area (Å²) in [7, 11) is 3.25. The van der Waals surface area contributed by atoms with Crippen LogP contribution in [0.4, 0.5) is 5.69 Å². The number of hydrogen-bond donors (Lipinski definition) is 2. The molecule has 0 aromatic heterocycles. The Labute approximate surface area is 161 Å². The lowest BCUT2D eigenvalue weighted by molar-refractivity contribution is 0.252. The average molecular weight is 368 g/mol. The van der Waals surface area contributed by atoms with E-state index >= 15 is 0 Å². The summed E-state index contributed by atoms with van der Waals surface area (Å²) in [6.45, 7) is 2.81. The van der Waals surface area contributed by atoms with Crippen molar-refractivity contribution in [2.75, 3.05) is 39.2 Å². The number of hydrogen-bond acceptors (Lipinski definition) is 4. The predicted octanol–water partition coefficient (Wildman–Crippen LogP) is 3.27. The van der Waals surface area contributed by atoms with Gasteiger partial charge in [-0.15, -0.1) is 0 Å². The van der Waals surface area contributed by atoms with Crippen LogP contribution in [0, 0.1) is 0 Å². The number of benzene rings is 2. The maximum absolute atomic E-state index is 6.17. The highest BCUT2D eigenvalue weighted by Gasteiger charge is 2.23.